The summed E-state index contributed by atoms with van der Waals surface area (Å²) in [5.41, 5.74) is 9.79. The number of amides is 2. The van der Waals surface area contributed by atoms with Crippen LogP contribution in [-0.4, -0.2) is 23.8 Å². The van der Waals surface area contributed by atoms with E-state index in [1.807, 2.05) is 24.3 Å². The van der Waals surface area contributed by atoms with Crippen LogP contribution in [-0.2, 0) is 17.8 Å². The van der Waals surface area contributed by atoms with Gasteiger partial charge in [0.1, 0.15) is 0 Å². The van der Waals surface area contributed by atoms with Crippen molar-refractivity contribution in [1.29, 1.82) is 0 Å². The monoisotopic (exact) mass is 295 g/mol. The Balaban J connectivity index is 1.80. The van der Waals surface area contributed by atoms with Crippen LogP contribution in [0.3, 0.4) is 0 Å². The zero-order chi connectivity index (χ0) is 15.5. The van der Waals surface area contributed by atoms with E-state index in [4.69, 9.17) is 5.73 Å². The van der Waals surface area contributed by atoms with Crippen molar-refractivity contribution in [2.24, 2.45) is 0 Å². The Morgan fingerprint density at radius 3 is 2.77 bits per heavy atom. The lowest BCUT2D eigenvalue weighted by Crippen LogP contribution is -2.29. The molecule has 3 N–H and O–H groups in total. The number of anilines is 2. The standard InChI is InChI=1S/C17H17N3O2/c18-15-3-1-2-4-16(15)19-17(22)13-5-6-14-10-20(11-21)8-7-12(14)9-13/h1-6,9,11H,7-8,10,18H2,(H,19,22). The van der Waals surface area contributed by atoms with Crippen LogP contribution in [0.25, 0.3) is 0 Å². The summed E-state index contributed by atoms with van der Waals surface area (Å²) in [6, 6.07) is 12.8. The summed E-state index contributed by atoms with van der Waals surface area (Å²) >= 11 is 0. The number of nitrogen functional groups attached to an aromatic ring is 1. The number of para-hydroxylation sites is 2. The molecule has 22 heavy (non-hydrogen) atoms. The summed E-state index contributed by atoms with van der Waals surface area (Å²) in [7, 11) is 0. The number of fused-ring (bicyclic) bond motifs is 1. The van der Waals surface area contributed by atoms with Crippen molar-refractivity contribution >= 4 is 23.7 Å². The van der Waals surface area contributed by atoms with Crippen LogP contribution in [0.4, 0.5) is 11.4 Å². The van der Waals surface area contributed by atoms with Crippen LogP contribution >= 0.6 is 0 Å². The second-order valence-electron chi connectivity index (χ2n) is 5.35. The quantitative estimate of drug-likeness (QED) is 0.672. The number of carbonyl (C=O) groups is 2. The minimum atomic E-state index is -0.182. The maximum absolute atomic E-state index is 12.3. The number of benzene rings is 2. The topological polar surface area (TPSA) is 75.4 Å². The largest absolute Gasteiger partial charge is 0.397 e. The summed E-state index contributed by atoms with van der Waals surface area (Å²) in [4.78, 5) is 24.9. The highest BCUT2D eigenvalue weighted by atomic mass is 16.1. The summed E-state index contributed by atoms with van der Waals surface area (Å²) < 4.78 is 0. The van der Waals surface area contributed by atoms with Gasteiger partial charge in [-0.15, -0.1) is 0 Å². The van der Waals surface area contributed by atoms with E-state index in [0.29, 0.717) is 30.0 Å². The number of hydrogen-bond acceptors (Lipinski definition) is 3. The molecule has 0 aliphatic carbocycles. The highest BCUT2D eigenvalue weighted by molar-refractivity contribution is 6.05. The van der Waals surface area contributed by atoms with Crippen molar-refractivity contribution in [3.63, 3.8) is 0 Å². The Morgan fingerprint density at radius 2 is 2.00 bits per heavy atom. The smallest absolute Gasteiger partial charge is 0.255 e. The van der Waals surface area contributed by atoms with Crippen LogP contribution in [0.1, 0.15) is 21.5 Å². The molecule has 5 nitrogen and oxygen atoms in total. The first-order chi connectivity index (χ1) is 10.7. The average molecular weight is 295 g/mol. The van der Waals surface area contributed by atoms with Gasteiger partial charge in [-0.1, -0.05) is 18.2 Å². The molecule has 0 bridgehead atoms. The highest BCUT2D eigenvalue weighted by Crippen LogP contribution is 2.22. The molecular formula is C17H17N3O2. The maximum atomic E-state index is 12.3. The molecule has 112 valence electrons. The van der Waals surface area contributed by atoms with E-state index in [-0.39, 0.29) is 5.91 Å². The van der Waals surface area contributed by atoms with Gasteiger partial charge in [0.15, 0.2) is 0 Å². The second-order valence-corrected chi connectivity index (χ2v) is 5.35. The SMILES string of the molecule is Nc1ccccc1NC(=O)c1ccc2c(c1)CCN(C=O)C2. The minimum absolute atomic E-state index is 0.182. The number of carbonyl (C=O) groups excluding carboxylic acids is 2. The molecule has 1 aliphatic rings. The van der Waals surface area contributed by atoms with E-state index < -0.39 is 0 Å². The van der Waals surface area contributed by atoms with Crippen molar-refractivity contribution < 1.29 is 9.59 Å². The van der Waals surface area contributed by atoms with Gasteiger partial charge in [-0.2, -0.15) is 0 Å². The van der Waals surface area contributed by atoms with E-state index >= 15 is 0 Å². The average Bonchev–Trinajstić information content (AvgIpc) is 2.56. The normalized spacial score (nSPS) is 13.4. The maximum Gasteiger partial charge on any atom is 0.255 e. The molecule has 0 saturated carbocycles. The third kappa shape index (κ3) is 2.79. The van der Waals surface area contributed by atoms with Gasteiger partial charge in [0.25, 0.3) is 5.91 Å². The van der Waals surface area contributed by atoms with Crippen LogP contribution in [0.2, 0.25) is 0 Å². The molecule has 0 atom stereocenters. The minimum Gasteiger partial charge on any atom is -0.397 e. The Kier molecular flexibility index (Phi) is 3.78. The lowest BCUT2D eigenvalue weighted by atomic mass is 9.97. The van der Waals surface area contributed by atoms with Gasteiger partial charge in [0.2, 0.25) is 6.41 Å². The number of nitrogens with two attached hydrogens (primary N) is 1. The Morgan fingerprint density at radius 1 is 1.18 bits per heavy atom. The van der Waals surface area contributed by atoms with Gasteiger partial charge >= 0.3 is 0 Å². The lowest BCUT2D eigenvalue weighted by molar-refractivity contribution is -0.118. The molecule has 2 aromatic rings. The van der Waals surface area contributed by atoms with E-state index in [0.717, 1.165) is 24.0 Å². The fourth-order valence-corrected chi connectivity index (χ4v) is 2.61. The van der Waals surface area contributed by atoms with Gasteiger partial charge in [-0.05, 0) is 41.8 Å². The molecule has 0 aromatic heterocycles. The van der Waals surface area contributed by atoms with E-state index in [9.17, 15) is 9.59 Å². The fraction of sp³-hybridized carbons (Fsp3) is 0.176. The zero-order valence-electron chi connectivity index (χ0n) is 12.1. The zero-order valence-corrected chi connectivity index (χ0v) is 12.1. The first-order valence-electron chi connectivity index (χ1n) is 7.14. The first kappa shape index (κ1) is 14.1. The van der Waals surface area contributed by atoms with Crippen molar-refractivity contribution in [2.75, 3.05) is 17.6 Å². The van der Waals surface area contributed by atoms with Crippen LogP contribution in [0, 0.1) is 0 Å². The molecule has 0 fully saturated rings. The van der Waals surface area contributed by atoms with E-state index in [2.05, 4.69) is 5.32 Å². The molecule has 2 aromatic carbocycles. The van der Waals surface area contributed by atoms with Gasteiger partial charge in [-0.25, -0.2) is 0 Å². The van der Waals surface area contributed by atoms with E-state index in [1.165, 1.54) is 0 Å². The van der Waals surface area contributed by atoms with Crippen molar-refractivity contribution in [1.82, 2.24) is 4.90 Å². The third-order valence-corrected chi connectivity index (χ3v) is 3.87. The summed E-state index contributed by atoms with van der Waals surface area (Å²) in [6.45, 7) is 1.29. The second kappa shape index (κ2) is 5.89. The van der Waals surface area contributed by atoms with Crippen molar-refractivity contribution in [3.05, 3.63) is 59.2 Å². The van der Waals surface area contributed by atoms with Crippen molar-refractivity contribution in [3.8, 4) is 0 Å². The molecule has 0 saturated heterocycles. The Labute approximate surface area is 128 Å². The van der Waals surface area contributed by atoms with Crippen LogP contribution in [0.15, 0.2) is 42.5 Å². The summed E-state index contributed by atoms with van der Waals surface area (Å²) in [6.07, 6.45) is 1.63. The lowest BCUT2D eigenvalue weighted by Gasteiger charge is -2.25. The van der Waals surface area contributed by atoms with Crippen LogP contribution in [0.5, 0.6) is 0 Å². The van der Waals surface area contributed by atoms with Crippen molar-refractivity contribution in [2.45, 2.75) is 13.0 Å². The molecule has 5 heteroatoms. The number of hydrogen-bond donors (Lipinski definition) is 2. The Hall–Kier alpha value is -2.82. The van der Waals surface area contributed by atoms with E-state index in [1.54, 1.807) is 23.1 Å². The van der Waals surface area contributed by atoms with Gasteiger partial charge in [-0.3, -0.25) is 9.59 Å². The van der Waals surface area contributed by atoms with Gasteiger partial charge < -0.3 is 16.0 Å². The molecule has 1 heterocycles. The Bertz CT molecular complexity index is 728. The molecule has 0 unspecified atom stereocenters. The first-order valence-corrected chi connectivity index (χ1v) is 7.14. The van der Waals surface area contributed by atoms with Gasteiger partial charge in [0, 0.05) is 18.7 Å². The molecule has 0 radical (unpaired) electrons. The predicted octanol–water partition coefficient (Wildman–Crippen LogP) is 2.04. The fourth-order valence-electron chi connectivity index (χ4n) is 2.61. The molecule has 0 spiro atoms. The molecule has 2 amide bonds. The molecular weight excluding hydrogens is 278 g/mol. The molecule has 1 aliphatic heterocycles. The van der Waals surface area contributed by atoms with Gasteiger partial charge in [0.05, 0.1) is 11.4 Å². The third-order valence-electron chi connectivity index (χ3n) is 3.87. The van der Waals surface area contributed by atoms with Crippen LogP contribution < -0.4 is 11.1 Å². The summed E-state index contributed by atoms with van der Waals surface area (Å²) in [5, 5.41) is 2.82. The highest BCUT2D eigenvalue weighted by Gasteiger charge is 2.17. The summed E-state index contributed by atoms with van der Waals surface area (Å²) in [5.74, 6) is -0.182. The predicted molar refractivity (Wildman–Crippen MR) is 85.4 cm³/mol. The number of rotatable bonds is 3. The number of nitrogens with one attached hydrogen (secondary N) is 1. The molecule has 3 rings (SSSR count). The number of nitrogens with zero attached hydrogens (tertiary/aromatic N) is 1.